The fraction of sp³-hybridized carbons (Fsp3) is 0.278. The molecule has 8 heteroatoms. The Labute approximate surface area is 156 Å². The van der Waals surface area contributed by atoms with E-state index in [2.05, 4.69) is 20.1 Å². The molecule has 1 aliphatic rings. The number of aromatic amines is 1. The Kier molecular flexibility index (Phi) is 4.38. The van der Waals surface area contributed by atoms with E-state index in [-0.39, 0.29) is 5.91 Å². The standard InChI is InChI=1S/C18H19ClN6O/c1-23-6-2-3-16(23)14-11-15(22-21-14)18(26)25-9-7-24(8-10-25)17-5-4-13(19)12-20-17/h2-6,11-12H,7-10H2,1H3,(H,21,22). The second-order valence-electron chi connectivity index (χ2n) is 6.29. The van der Waals surface area contributed by atoms with Crippen molar-refractivity contribution in [2.75, 3.05) is 31.1 Å². The summed E-state index contributed by atoms with van der Waals surface area (Å²) in [6, 6.07) is 9.47. The molecule has 1 aliphatic heterocycles. The average Bonchev–Trinajstić information content (AvgIpc) is 3.31. The Morgan fingerprint density at radius 1 is 1.19 bits per heavy atom. The molecule has 0 saturated carbocycles. The summed E-state index contributed by atoms with van der Waals surface area (Å²) in [5, 5.41) is 7.77. The number of rotatable bonds is 3. The van der Waals surface area contributed by atoms with Gasteiger partial charge in [-0.05, 0) is 30.3 Å². The number of pyridine rings is 1. The van der Waals surface area contributed by atoms with Crippen LogP contribution in [0.2, 0.25) is 5.02 Å². The molecule has 134 valence electrons. The van der Waals surface area contributed by atoms with Crippen molar-refractivity contribution in [2.24, 2.45) is 7.05 Å². The number of anilines is 1. The number of amides is 1. The van der Waals surface area contributed by atoms with E-state index in [1.165, 1.54) is 0 Å². The molecule has 3 aromatic heterocycles. The first-order valence-corrected chi connectivity index (χ1v) is 8.82. The van der Waals surface area contributed by atoms with Crippen molar-refractivity contribution < 1.29 is 4.79 Å². The van der Waals surface area contributed by atoms with Crippen molar-refractivity contribution in [3.63, 3.8) is 0 Å². The average molecular weight is 371 g/mol. The Bertz CT molecular complexity index is 908. The molecule has 1 amide bonds. The van der Waals surface area contributed by atoms with Crippen LogP contribution in [0.5, 0.6) is 0 Å². The van der Waals surface area contributed by atoms with Crippen LogP contribution in [0.4, 0.5) is 5.82 Å². The predicted octanol–water partition coefficient (Wildman–Crippen LogP) is 2.43. The van der Waals surface area contributed by atoms with Gasteiger partial charge in [-0.15, -0.1) is 0 Å². The topological polar surface area (TPSA) is 70.1 Å². The monoisotopic (exact) mass is 370 g/mol. The summed E-state index contributed by atoms with van der Waals surface area (Å²) < 4.78 is 1.97. The van der Waals surface area contributed by atoms with Gasteiger partial charge >= 0.3 is 0 Å². The number of piperazine rings is 1. The van der Waals surface area contributed by atoms with Gasteiger partial charge in [0.05, 0.1) is 10.7 Å². The Morgan fingerprint density at radius 3 is 2.65 bits per heavy atom. The number of hydrogen-bond acceptors (Lipinski definition) is 4. The van der Waals surface area contributed by atoms with E-state index in [0.29, 0.717) is 23.8 Å². The number of aryl methyl sites for hydroxylation is 1. The largest absolute Gasteiger partial charge is 0.353 e. The highest BCUT2D eigenvalue weighted by Crippen LogP contribution is 2.20. The van der Waals surface area contributed by atoms with Crippen molar-refractivity contribution in [1.82, 2.24) is 24.6 Å². The molecule has 0 bridgehead atoms. The van der Waals surface area contributed by atoms with E-state index < -0.39 is 0 Å². The highest BCUT2D eigenvalue weighted by molar-refractivity contribution is 6.30. The third kappa shape index (κ3) is 3.17. The Hall–Kier alpha value is -2.80. The van der Waals surface area contributed by atoms with Crippen LogP contribution in [0.3, 0.4) is 0 Å². The molecule has 0 aromatic carbocycles. The lowest BCUT2D eigenvalue weighted by molar-refractivity contribution is 0.0740. The number of carbonyl (C=O) groups excluding carboxylic acids is 1. The first-order chi connectivity index (χ1) is 12.6. The summed E-state index contributed by atoms with van der Waals surface area (Å²) in [6.07, 6.45) is 3.60. The summed E-state index contributed by atoms with van der Waals surface area (Å²) in [5.41, 5.74) is 2.25. The lowest BCUT2D eigenvalue weighted by Gasteiger charge is -2.35. The van der Waals surface area contributed by atoms with E-state index in [9.17, 15) is 4.79 Å². The minimum atomic E-state index is -0.0262. The predicted molar refractivity (Wildman–Crippen MR) is 100 cm³/mol. The molecule has 0 unspecified atom stereocenters. The first kappa shape index (κ1) is 16.7. The first-order valence-electron chi connectivity index (χ1n) is 8.45. The van der Waals surface area contributed by atoms with Gasteiger partial charge in [-0.3, -0.25) is 9.89 Å². The van der Waals surface area contributed by atoms with Crippen molar-refractivity contribution in [2.45, 2.75) is 0 Å². The molecule has 0 atom stereocenters. The van der Waals surface area contributed by atoms with E-state index in [4.69, 9.17) is 11.6 Å². The van der Waals surface area contributed by atoms with E-state index >= 15 is 0 Å². The molecule has 3 aromatic rings. The third-order valence-electron chi connectivity index (χ3n) is 4.62. The van der Waals surface area contributed by atoms with Gasteiger partial charge < -0.3 is 14.4 Å². The van der Waals surface area contributed by atoms with Crippen molar-refractivity contribution in [3.8, 4) is 11.4 Å². The van der Waals surface area contributed by atoms with Crippen LogP contribution >= 0.6 is 11.6 Å². The fourth-order valence-electron chi connectivity index (χ4n) is 3.15. The van der Waals surface area contributed by atoms with E-state index in [1.54, 1.807) is 6.20 Å². The quantitative estimate of drug-likeness (QED) is 0.768. The smallest absolute Gasteiger partial charge is 0.272 e. The molecular formula is C18H19ClN6O. The van der Waals surface area contributed by atoms with Gasteiger partial charge in [-0.1, -0.05) is 11.6 Å². The Morgan fingerprint density at radius 2 is 2.00 bits per heavy atom. The van der Waals surface area contributed by atoms with Crippen LogP contribution in [-0.2, 0) is 7.05 Å². The molecule has 1 N–H and O–H groups in total. The second-order valence-corrected chi connectivity index (χ2v) is 6.72. The summed E-state index contributed by atoms with van der Waals surface area (Å²) in [5.74, 6) is 0.857. The zero-order valence-electron chi connectivity index (χ0n) is 14.4. The van der Waals surface area contributed by atoms with E-state index in [1.807, 2.05) is 53.0 Å². The fourth-order valence-corrected chi connectivity index (χ4v) is 3.27. The number of hydrogen-bond donors (Lipinski definition) is 1. The highest BCUT2D eigenvalue weighted by Gasteiger charge is 2.24. The van der Waals surface area contributed by atoms with Crippen molar-refractivity contribution in [1.29, 1.82) is 0 Å². The SMILES string of the molecule is Cn1cccc1-c1cc(C(=O)N2CCN(c3ccc(Cl)cn3)CC2)[nH]n1. The van der Waals surface area contributed by atoms with Crippen LogP contribution in [0.25, 0.3) is 11.4 Å². The summed E-state index contributed by atoms with van der Waals surface area (Å²) in [4.78, 5) is 21.1. The van der Waals surface area contributed by atoms with Crippen LogP contribution in [0.1, 0.15) is 10.5 Å². The van der Waals surface area contributed by atoms with Crippen molar-refractivity contribution in [3.05, 3.63) is 53.4 Å². The normalized spacial score (nSPS) is 14.7. The van der Waals surface area contributed by atoms with Gasteiger partial charge in [0.1, 0.15) is 17.2 Å². The number of aromatic nitrogens is 4. The van der Waals surface area contributed by atoms with Crippen LogP contribution in [0, 0.1) is 0 Å². The highest BCUT2D eigenvalue weighted by atomic mass is 35.5. The van der Waals surface area contributed by atoms with Gasteiger partial charge in [0, 0.05) is 45.6 Å². The van der Waals surface area contributed by atoms with Gasteiger partial charge in [-0.2, -0.15) is 5.10 Å². The second kappa shape index (κ2) is 6.84. The van der Waals surface area contributed by atoms with Gasteiger partial charge in [0.25, 0.3) is 5.91 Å². The summed E-state index contributed by atoms with van der Waals surface area (Å²) in [7, 11) is 1.95. The summed E-state index contributed by atoms with van der Waals surface area (Å²) >= 11 is 5.89. The molecule has 4 rings (SSSR count). The molecule has 4 heterocycles. The minimum Gasteiger partial charge on any atom is -0.353 e. The van der Waals surface area contributed by atoms with Crippen LogP contribution in [-0.4, -0.2) is 56.7 Å². The maximum Gasteiger partial charge on any atom is 0.272 e. The number of nitrogens with zero attached hydrogens (tertiary/aromatic N) is 5. The molecular weight excluding hydrogens is 352 g/mol. The van der Waals surface area contributed by atoms with Gasteiger partial charge in [0.15, 0.2) is 0 Å². The number of carbonyl (C=O) groups is 1. The van der Waals surface area contributed by atoms with Crippen LogP contribution < -0.4 is 4.90 Å². The molecule has 1 saturated heterocycles. The van der Waals surface area contributed by atoms with Gasteiger partial charge in [0.2, 0.25) is 0 Å². The molecule has 7 nitrogen and oxygen atoms in total. The summed E-state index contributed by atoms with van der Waals surface area (Å²) in [6.45, 7) is 2.75. The maximum atomic E-state index is 12.8. The molecule has 0 aliphatic carbocycles. The number of H-pyrrole nitrogens is 1. The molecule has 26 heavy (non-hydrogen) atoms. The lowest BCUT2D eigenvalue weighted by Crippen LogP contribution is -2.49. The van der Waals surface area contributed by atoms with Gasteiger partial charge in [-0.25, -0.2) is 4.98 Å². The van der Waals surface area contributed by atoms with Crippen molar-refractivity contribution >= 4 is 23.3 Å². The molecule has 1 fully saturated rings. The number of nitrogens with one attached hydrogen (secondary N) is 1. The minimum absolute atomic E-state index is 0.0262. The van der Waals surface area contributed by atoms with Crippen LogP contribution in [0.15, 0.2) is 42.7 Å². The Balaban J connectivity index is 1.42. The molecule has 0 spiro atoms. The zero-order valence-corrected chi connectivity index (χ0v) is 15.1. The maximum absolute atomic E-state index is 12.8. The molecule has 0 radical (unpaired) electrons. The number of halogens is 1. The van der Waals surface area contributed by atoms with E-state index in [0.717, 1.165) is 30.3 Å². The third-order valence-corrected chi connectivity index (χ3v) is 4.84. The lowest BCUT2D eigenvalue weighted by atomic mass is 10.2. The zero-order chi connectivity index (χ0) is 18.1.